The van der Waals surface area contributed by atoms with Crippen molar-refractivity contribution in [1.82, 2.24) is 4.90 Å². The molecule has 0 radical (unpaired) electrons. The Kier molecular flexibility index (Phi) is 7.96. The van der Waals surface area contributed by atoms with Crippen LogP contribution in [0.4, 0.5) is 0 Å². The molecule has 0 saturated heterocycles. The number of aryl methyl sites for hydroxylation is 1. The molecule has 3 nitrogen and oxygen atoms in total. The van der Waals surface area contributed by atoms with Crippen molar-refractivity contribution in [3.05, 3.63) is 65.7 Å². The van der Waals surface area contributed by atoms with E-state index in [1.54, 1.807) is 0 Å². The molecular formula is C18H24ClNO2. The average molecular weight is 322 g/mol. The monoisotopic (exact) mass is 321 g/mol. The Morgan fingerprint density at radius 2 is 1.68 bits per heavy atom. The molecule has 1 atom stereocenters. The number of para-hydroxylation sites is 1. The van der Waals surface area contributed by atoms with E-state index < -0.39 is 6.10 Å². The van der Waals surface area contributed by atoms with Gasteiger partial charge in [-0.15, -0.1) is 12.4 Å². The smallest absolute Gasteiger partial charge is 0.122 e. The van der Waals surface area contributed by atoms with E-state index in [-0.39, 0.29) is 12.4 Å². The van der Waals surface area contributed by atoms with Crippen LogP contribution in [0.5, 0.6) is 5.75 Å². The van der Waals surface area contributed by atoms with Crippen LogP contribution < -0.4 is 4.74 Å². The molecule has 0 aromatic heterocycles. The number of hydrogen-bond acceptors (Lipinski definition) is 3. The summed E-state index contributed by atoms with van der Waals surface area (Å²) < 4.78 is 5.67. The minimum atomic E-state index is -0.502. The van der Waals surface area contributed by atoms with Crippen LogP contribution in [0, 0.1) is 6.92 Å². The maximum absolute atomic E-state index is 10.1. The minimum absolute atomic E-state index is 0. The van der Waals surface area contributed by atoms with Crippen LogP contribution in [0.15, 0.2) is 54.6 Å². The molecular weight excluding hydrogens is 298 g/mol. The van der Waals surface area contributed by atoms with Crippen molar-refractivity contribution < 1.29 is 9.84 Å². The third-order valence-electron chi connectivity index (χ3n) is 3.34. The highest BCUT2D eigenvalue weighted by Crippen LogP contribution is 2.16. The van der Waals surface area contributed by atoms with Gasteiger partial charge in [0, 0.05) is 13.1 Å². The summed E-state index contributed by atoms with van der Waals surface area (Å²) in [6.07, 6.45) is -0.502. The molecule has 1 unspecified atom stereocenters. The lowest BCUT2D eigenvalue weighted by molar-refractivity contribution is 0.0741. The molecule has 2 aromatic rings. The molecule has 0 bridgehead atoms. The molecule has 0 aliphatic rings. The zero-order valence-electron chi connectivity index (χ0n) is 13.1. The van der Waals surface area contributed by atoms with Crippen molar-refractivity contribution >= 4 is 12.4 Å². The molecule has 22 heavy (non-hydrogen) atoms. The molecule has 0 heterocycles. The highest BCUT2D eigenvalue weighted by atomic mass is 35.5. The van der Waals surface area contributed by atoms with Crippen LogP contribution in [0.3, 0.4) is 0 Å². The van der Waals surface area contributed by atoms with Gasteiger partial charge in [0.25, 0.3) is 0 Å². The average Bonchev–Trinajstić information content (AvgIpc) is 2.47. The largest absolute Gasteiger partial charge is 0.491 e. The van der Waals surface area contributed by atoms with Gasteiger partial charge in [-0.2, -0.15) is 0 Å². The fourth-order valence-corrected chi connectivity index (χ4v) is 2.28. The summed E-state index contributed by atoms with van der Waals surface area (Å²) in [7, 11) is 2.00. The molecule has 2 rings (SSSR count). The Labute approximate surface area is 138 Å². The van der Waals surface area contributed by atoms with E-state index in [1.807, 2.05) is 56.4 Å². The predicted octanol–water partition coefficient (Wildman–Crippen LogP) is 3.29. The van der Waals surface area contributed by atoms with Gasteiger partial charge < -0.3 is 9.84 Å². The topological polar surface area (TPSA) is 32.7 Å². The SMILES string of the molecule is Cc1ccccc1OCC(O)CN(C)Cc1ccccc1.Cl. The van der Waals surface area contributed by atoms with Crippen molar-refractivity contribution in [3.63, 3.8) is 0 Å². The van der Waals surface area contributed by atoms with E-state index in [4.69, 9.17) is 4.74 Å². The van der Waals surface area contributed by atoms with Crippen molar-refractivity contribution in [2.45, 2.75) is 19.6 Å². The maximum Gasteiger partial charge on any atom is 0.122 e. The first-order valence-corrected chi connectivity index (χ1v) is 7.24. The number of aliphatic hydroxyl groups excluding tert-OH is 1. The van der Waals surface area contributed by atoms with Gasteiger partial charge in [-0.1, -0.05) is 48.5 Å². The molecule has 0 aliphatic heterocycles. The third kappa shape index (κ3) is 6.06. The second-order valence-electron chi connectivity index (χ2n) is 5.41. The van der Waals surface area contributed by atoms with Gasteiger partial charge in [-0.3, -0.25) is 4.90 Å². The third-order valence-corrected chi connectivity index (χ3v) is 3.34. The van der Waals surface area contributed by atoms with Crippen LogP contribution in [0.25, 0.3) is 0 Å². The van der Waals surface area contributed by atoms with E-state index in [0.717, 1.165) is 17.9 Å². The van der Waals surface area contributed by atoms with Crippen molar-refractivity contribution in [2.75, 3.05) is 20.2 Å². The van der Waals surface area contributed by atoms with Gasteiger partial charge in [0.05, 0.1) is 0 Å². The number of hydrogen-bond donors (Lipinski definition) is 1. The number of benzene rings is 2. The summed E-state index contributed by atoms with van der Waals surface area (Å²) in [4.78, 5) is 2.10. The maximum atomic E-state index is 10.1. The van der Waals surface area contributed by atoms with Crippen LogP contribution in [0.1, 0.15) is 11.1 Å². The Balaban J connectivity index is 0.00000242. The molecule has 0 saturated carbocycles. The molecule has 120 valence electrons. The summed E-state index contributed by atoms with van der Waals surface area (Å²) in [5, 5.41) is 10.1. The summed E-state index contributed by atoms with van der Waals surface area (Å²) in [5.41, 5.74) is 2.33. The van der Waals surface area contributed by atoms with Gasteiger partial charge >= 0.3 is 0 Å². The lowest BCUT2D eigenvalue weighted by Crippen LogP contribution is -2.32. The van der Waals surface area contributed by atoms with Crippen LogP contribution in [-0.2, 0) is 6.54 Å². The van der Waals surface area contributed by atoms with E-state index in [0.29, 0.717) is 13.2 Å². The number of ether oxygens (including phenoxy) is 1. The van der Waals surface area contributed by atoms with E-state index in [9.17, 15) is 5.11 Å². The highest BCUT2D eigenvalue weighted by molar-refractivity contribution is 5.85. The number of aliphatic hydroxyl groups is 1. The Bertz CT molecular complexity index is 548. The number of nitrogens with zero attached hydrogens (tertiary/aromatic N) is 1. The van der Waals surface area contributed by atoms with Gasteiger partial charge in [0.2, 0.25) is 0 Å². The van der Waals surface area contributed by atoms with Gasteiger partial charge in [-0.25, -0.2) is 0 Å². The molecule has 0 amide bonds. The number of rotatable bonds is 7. The normalized spacial score (nSPS) is 11.8. The molecule has 2 aromatic carbocycles. The number of likely N-dealkylation sites (N-methyl/N-ethyl adjacent to an activating group) is 1. The van der Waals surface area contributed by atoms with Crippen molar-refractivity contribution in [2.24, 2.45) is 0 Å². The first kappa shape index (κ1) is 18.5. The molecule has 1 N–H and O–H groups in total. The van der Waals surface area contributed by atoms with Gasteiger partial charge in [0.15, 0.2) is 0 Å². The zero-order valence-corrected chi connectivity index (χ0v) is 13.9. The standard InChI is InChI=1S/C18H23NO2.ClH/c1-15-8-6-7-11-18(15)21-14-17(20)13-19(2)12-16-9-4-3-5-10-16;/h3-11,17,20H,12-14H2,1-2H3;1H. The highest BCUT2D eigenvalue weighted by Gasteiger charge is 2.10. The predicted molar refractivity (Wildman–Crippen MR) is 92.7 cm³/mol. The summed E-state index contributed by atoms with van der Waals surface area (Å²) >= 11 is 0. The first-order valence-electron chi connectivity index (χ1n) is 7.24. The lowest BCUT2D eigenvalue weighted by Gasteiger charge is -2.21. The molecule has 0 spiro atoms. The zero-order chi connectivity index (χ0) is 15.1. The number of halogens is 1. The van der Waals surface area contributed by atoms with E-state index in [2.05, 4.69) is 17.0 Å². The van der Waals surface area contributed by atoms with Crippen LogP contribution in [0.2, 0.25) is 0 Å². The second-order valence-corrected chi connectivity index (χ2v) is 5.41. The minimum Gasteiger partial charge on any atom is -0.491 e. The Morgan fingerprint density at radius 3 is 2.36 bits per heavy atom. The van der Waals surface area contributed by atoms with Crippen molar-refractivity contribution in [1.29, 1.82) is 0 Å². The van der Waals surface area contributed by atoms with Crippen molar-refractivity contribution in [3.8, 4) is 5.75 Å². The second kappa shape index (κ2) is 9.46. The Hall–Kier alpha value is -1.55. The lowest BCUT2D eigenvalue weighted by atomic mass is 10.2. The quantitative estimate of drug-likeness (QED) is 0.849. The van der Waals surface area contributed by atoms with E-state index in [1.165, 1.54) is 5.56 Å². The first-order chi connectivity index (χ1) is 10.1. The van der Waals surface area contributed by atoms with Gasteiger partial charge in [0.1, 0.15) is 18.5 Å². The summed E-state index contributed by atoms with van der Waals surface area (Å²) in [6, 6.07) is 18.1. The molecule has 0 aliphatic carbocycles. The molecule has 0 fully saturated rings. The van der Waals surface area contributed by atoms with Crippen LogP contribution >= 0.6 is 12.4 Å². The Morgan fingerprint density at radius 1 is 1.05 bits per heavy atom. The van der Waals surface area contributed by atoms with Crippen LogP contribution in [-0.4, -0.2) is 36.3 Å². The summed E-state index contributed by atoms with van der Waals surface area (Å²) in [6.45, 7) is 3.72. The van der Waals surface area contributed by atoms with E-state index >= 15 is 0 Å². The molecule has 4 heteroatoms. The van der Waals surface area contributed by atoms with Gasteiger partial charge in [-0.05, 0) is 31.2 Å². The fourth-order valence-electron chi connectivity index (χ4n) is 2.28. The summed E-state index contributed by atoms with van der Waals surface area (Å²) in [5.74, 6) is 0.835. The fraction of sp³-hybridized carbons (Fsp3) is 0.333.